The Labute approximate surface area is 105 Å². The molecular weight excluding hydrogens is 231 g/mol. The molecule has 0 aliphatic rings. The molecule has 0 aliphatic heterocycles. The third-order valence-electron chi connectivity index (χ3n) is 2.76. The van der Waals surface area contributed by atoms with E-state index in [1.54, 1.807) is 19.1 Å². The maximum absolute atomic E-state index is 13.7. The Bertz CT molecular complexity index is 535. The van der Waals surface area contributed by atoms with E-state index >= 15 is 0 Å². The lowest BCUT2D eigenvalue weighted by Gasteiger charge is -2.08. The lowest BCUT2D eigenvalue weighted by Crippen LogP contribution is -2.27. The van der Waals surface area contributed by atoms with Crippen LogP contribution in [0.5, 0.6) is 0 Å². The first-order chi connectivity index (χ1) is 8.68. The fourth-order valence-electron chi connectivity index (χ4n) is 1.74. The molecule has 0 spiro atoms. The first-order valence-electron chi connectivity index (χ1n) is 5.82. The molecule has 1 amide bonds. The van der Waals surface area contributed by atoms with E-state index in [2.05, 4.69) is 5.32 Å². The molecule has 0 bridgehead atoms. The maximum Gasteiger partial charge on any atom is 0.254 e. The largest absolute Gasteiger partial charge is 0.353 e. The zero-order chi connectivity index (χ0) is 13.0. The van der Waals surface area contributed by atoms with Crippen LogP contribution in [0.25, 0.3) is 0 Å². The highest BCUT2D eigenvalue weighted by molar-refractivity contribution is 5.94. The van der Waals surface area contributed by atoms with E-state index in [1.165, 1.54) is 6.07 Å². The SMILES string of the molecule is Cc1cccc(C(=O)NCCn2cccc2)c1F. The van der Waals surface area contributed by atoms with Gasteiger partial charge in [-0.1, -0.05) is 12.1 Å². The predicted molar refractivity (Wildman–Crippen MR) is 67.9 cm³/mol. The summed E-state index contributed by atoms with van der Waals surface area (Å²) in [6.45, 7) is 2.79. The van der Waals surface area contributed by atoms with Gasteiger partial charge in [0.05, 0.1) is 5.56 Å². The van der Waals surface area contributed by atoms with Gasteiger partial charge in [0.1, 0.15) is 5.82 Å². The van der Waals surface area contributed by atoms with Gasteiger partial charge in [-0.15, -0.1) is 0 Å². The Morgan fingerprint density at radius 3 is 2.72 bits per heavy atom. The van der Waals surface area contributed by atoms with Crippen molar-refractivity contribution in [3.8, 4) is 0 Å². The van der Waals surface area contributed by atoms with Crippen LogP contribution in [0.3, 0.4) is 0 Å². The number of amides is 1. The van der Waals surface area contributed by atoms with Crippen molar-refractivity contribution in [3.63, 3.8) is 0 Å². The van der Waals surface area contributed by atoms with Gasteiger partial charge in [-0.25, -0.2) is 4.39 Å². The number of nitrogens with zero attached hydrogens (tertiary/aromatic N) is 1. The summed E-state index contributed by atoms with van der Waals surface area (Å²) in [4.78, 5) is 11.8. The summed E-state index contributed by atoms with van der Waals surface area (Å²) in [5, 5.41) is 2.71. The highest BCUT2D eigenvalue weighted by Crippen LogP contribution is 2.11. The number of hydrogen-bond acceptors (Lipinski definition) is 1. The topological polar surface area (TPSA) is 34.0 Å². The lowest BCUT2D eigenvalue weighted by molar-refractivity contribution is 0.0948. The van der Waals surface area contributed by atoms with Crippen molar-refractivity contribution in [1.29, 1.82) is 0 Å². The number of nitrogens with one attached hydrogen (secondary N) is 1. The van der Waals surface area contributed by atoms with Gasteiger partial charge in [-0.2, -0.15) is 0 Å². The number of hydrogen-bond donors (Lipinski definition) is 1. The van der Waals surface area contributed by atoms with Crippen LogP contribution in [0, 0.1) is 12.7 Å². The number of aromatic nitrogens is 1. The third-order valence-corrected chi connectivity index (χ3v) is 2.76. The number of benzene rings is 1. The molecule has 1 N–H and O–H groups in total. The van der Waals surface area contributed by atoms with Gasteiger partial charge in [0.25, 0.3) is 5.91 Å². The van der Waals surface area contributed by atoms with Gasteiger partial charge in [-0.05, 0) is 30.7 Å². The zero-order valence-corrected chi connectivity index (χ0v) is 10.2. The summed E-state index contributed by atoms with van der Waals surface area (Å²) in [5.74, 6) is -0.820. The molecule has 2 aromatic rings. The fraction of sp³-hybridized carbons (Fsp3) is 0.214. The van der Waals surface area contributed by atoms with Crippen molar-refractivity contribution in [1.82, 2.24) is 9.88 Å². The van der Waals surface area contributed by atoms with Gasteiger partial charge in [0.15, 0.2) is 0 Å². The number of aryl methyl sites for hydroxylation is 1. The molecule has 0 aliphatic carbocycles. The molecule has 0 unspecified atom stereocenters. The first-order valence-corrected chi connectivity index (χ1v) is 5.82. The molecule has 0 atom stereocenters. The van der Waals surface area contributed by atoms with E-state index in [4.69, 9.17) is 0 Å². The Morgan fingerprint density at radius 2 is 2.00 bits per heavy atom. The average molecular weight is 246 g/mol. The molecular formula is C14H15FN2O. The van der Waals surface area contributed by atoms with Crippen molar-refractivity contribution < 1.29 is 9.18 Å². The normalized spacial score (nSPS) is 10.3. The fourth-order valence-corrected chi connectivity index (χ4v) is 1.74. The molecule has 3 nitrogen and oxygen atoms in total. The van der Waals surface area contributed by atoms with Crippen molar-refractivity contribution in [2.75, 3.05) is 6.54 Å². The van der Waals surface area contributed by atoms with Crippen molar-refractivity contribution in [2.45, 2.75) is 13.5 Å². The van der Waals surface area contributed by atoms with E-state index in [9.17, 15) is 9.18 Å². The molecule has 0 fully saturated rings. The Balaban J connectivity index is 1.93. The minimum atomic E-state index is -0.448. The molecule has 2 rings (SSSR count). The summed E-state index contributed by atoms with van der Waals surface area (Å²) in [5.41, 5.74) is 0.579. The summed E-state index contributed by atoms with van der Waals surface area (Å²) in [7, 11) is 0. The van der Waals surface area contributed by atoms with E-state index < -0.39 is 5.82 Å². The highest BCUT2D eigenvalue weighted by atomic mass is 19.1. The molecule has 1 aromatic carbocycles. The molecule has 1 aromatic heterocycles. The molecule has 94 valence electrons. The van der Waals surface area contributed by atoms with Crippen LogP contribution in [-0.2, 0) is 6.54 Å². The average Bonchev–Trinajstić information content (AvgIpc) is 2.85. The zero-order valence-electron chi connectivity index (χ0n) is 10.2. The predicted octanol–water partition coefficient (Wildman–Crippen LogP) is 2.37. The van der Waals surface area contributed by atoms with Crippen LogP contribution in [0.2, 0.25) is 0 Å². The lowest BCUT2D eigenvalue weighted by atomic mass is 10.1. The highest BCUT2D eigenvalue weighted by Gasteiger charge is 2.12. The molecule has 1 heterocycles. The number of carbonyl (C=O) groups excluding carboxylic acids is 1. The van der Waals surface area contributed by atoms with E-state index in [-0.39, 0.29) is 11.5 Å². The number of rotatable bonds is 4. The first kappa shape index (κ1) is 12.4. The monoisotopic (exact) mass is 246 g/mol. The molecule has 0 saturated heterocycles. The van der Waals surface area contributed by atoms with Crippen LogP contribution in [0.15, 0.2) is 42.7 Å². The minimum absolute atomic E-state index is 0.0995. The standard InChI is InChI=1S/C14H15FN2O/c1-11-5-4-6-12(13(11)15)14(18)16-7-10-17-8-2-3-9-17/h2-6,8-9H,7,10H2,1H3,(H,16,18). The number of halogens is 1. The van der Waals surface area contributed by atoms with Gasteiger partial charge in [0.2, 0.25) is 0 Å². The Morgan fingerprint density at radius 1 is 1.28 bits per heavy atom. The summed E-state index contributed by atoms with van der Waals surface area (Å²) in [6.07, 6.45) is 3.83. The molecule has 4 heteroatoms. The van der Waals surface area contributed by atoms with Gasteiger partial charge >= 0.3 is 0 Å². The molecule has 0 saturated carbocycles. The number of carbonyl (C=O) groups is 1. The van der Waals surface area contributed by atoms with Gasteiger partial charge in [0, 0.05) is 25.5 Å². The van der Waals surface area contributed by atoms with Gasteiger partial charge < -0.3 is 9.88 Å². The van der Waals surface area contributed by atoms with Crippen LogP contribution in [0.1, 0.15) is 15.9 Å². The minimum Gasteiger partial charge on any atom is -0.353 e. The smallest absolute Gasteiger partial charge is 0.254 e. The molecule has 0 radical (unpaired) electrons. The quantitative estimate of drug-likeness (QED) is 0.883. The van der Waals surface area contributed by atoms with E-state index in [0.717, 1.165) is 0 Å². The molecule has 18 heavy (non-hydrogen) atoms. The second-order valence-electron chi connectivity index (χ2n) is 4.11. The van der Waals surface area contributed by atoms with Crippen LogP contribution in [-0.4, -0.2) is 17.0 Å². The van der Waals surface area contributed by atoms with Crippen LogP contribution in [0.4, 0.5) is 4.39 Å². The summed E-state index contributed by atoms with van der Waals surface area (Å²) < 4.78 is 15.6. The maximum atomic E-state index is 13.7. The van der Waals surface area contributed by atoms with Crippen LogP contribution < -0.4 is 5.32 Å². The van der Waals surface area contributed by atoms with E-state index in [0.29, 0.717) is 18.7 Å². The van der Waals surface area contributed by atoms with Crippen LogP contribution >= 0.6 is 0 Å². The third kappa shape index (κ3) is 2.77. The summed E-state index contributed by atoms with van der Waals surface area (Å²) >= 11 is 0. The summed E-state index contributed by atoms with van der Waals surface area (Å²) in [6, 6.07) is 8.66. The van der Waals surface area contributed by atoms with Gasteiger partial charge in [-0.3, -0.25) is 4.79 Å². The van der Waals surface area contributed by atoms with E-state index in [1.807, 2.05) is 29.1 Å². The second kappa shape index (κ2) is 5.49. The van der Waals surface area contributed by atoms with Crippen molar-refractivity contribution >= 4 is 5.91 Å². The Hall–Kier alpha value is -2.10. The second-order valence-corrected chi connectivity index (χ2v) is 4.11. The van der Waals surface area contributed by atoms with Crippen molar-refractivity contribution in [2.24, 2.45) is 0 Å². The van der Waals surface area contributed by atoms with Crippen molar-refractivity contribution in [3.05, 3.63) is 59.7 Å². The Kier molecular flexibility index (Phi) is 3.77.